The summed E-state index contributed by atoms with van der Waals surface area (Å²) in [4.78, 5) is 31.0. The lowest BCUT2D eigenvalue weighted by molar-refractivity contribution is 0.733. The second-order valence-corrected chi connectivity index (χ2v) is 13.3. The summed E-state index contributed by atoms with van der Waals surface area (Å²) in [5, 5.41) is 0. The molecular formula is C42H42N6. The van der Waals surface area contributed by atoms with Crippen molar-refractivity contribution >= 4 is 0 Å². The van der Waals surface area contributed by atoms with E-state index in [4.69, 9.17) is 29.9 Å². The van der Waals surface area contributed by atoms with E-state index in [0.717, 1.165) is 68.3 Å². The highest BCUT2D eigenvalue weighted by molar-refractivity contribution is 5.35. The molecule has 0 saturated carbocycles. The van der Waals surface area contributed by atoms with E-state index >= 15 is 0 Å². The molecule has 0 amide bonds. The Kier molecular flexibility index (Phi) is 8.65. The van der Waals surface area contributed by atoms with Gasteiger partial charge in [-0.1, -0.05) is 77.9 Å². The van der Waals surface area contributed by atoms with Crippen molar-refractivity contribution in [1.29, 1.82) is 0 Å². The minimum atomic E-state index is 0.0209. The molecule has 6 heteroatoms. The Morgan fingerprint density at radius 2 is 0.333 bits per heavy atom. The topological polar surface area (TPSA) is 77.3 Å². The number of hydrogen-bond acceptors (Lipinski definition) is 6. The summed E-state index contributed by atoms with van der Waals surface area (Å²) < 4.78 is 0. The van der Waals surface area contributed by atoms with Gasteiger partial charge >= 0.3 is 0 Å². The highest BCUT2D eigenvalue weighted by atomic mass is 14.8. The molecule has 0 fully saturated rings. The first-order valence-corrected chi connectivity index (χ1v) is 17.1. The molecular weight excluding hydrogens is 589 g/mol. The van der Waals surface area contributed by atoms with Crippen LogP contribution in [0.3, 0.4) is 0 Å². The van der Waals surface area contributed by atoms with Crippen LogP contribution in [0.5, 0.6) is 0 Å². The lowest BCUT2D eigenvalue weighted by Gasteiger charge is -2.20. The van der Waals surface area contributed by atoms with Crippen LogP contribution in [-0.4, -0.2) is 29.9 Å². The number of aromatic nitrogens is 6. The zero-order chi connectivity index (χ0) is 33.4. The number of nitrogens with zero attached hydrogens (tertiary/aromatic N) is 6. The quantitative estimate of drug-likeness (QED) is 0.166. The Labute approximate surface area is 283 Å². The standard InChI is InChI=1S/C42H42N6/c1-25-31-13-7-15-33(43-31)26(2)35-17-9-19-37(45-35)28(4)39-21-11-23-41(47-39)30(6)42-24-12-22-40(48-42)29(5)38-20-10-18-36(46-38)27(3)34-16-8-14-32(25)44-34/h7-30H,1-6H3. The lowest BCUT2D eigenvalue weighted by atomic mass is 9.95. The third-order valence-electron chi connectivity index (χ3n) is 10.1. The monoisotopic (exact) mass is 630 g/mol. The van der Waals surface area contributed by atoms with Gasteiger partial charge in [0.15, 0.2) is 0 Å². The zero-order valence-corrected chi connectivity index (χ0v) is 28.5. The molecule has 6 nitrogen and oxygen atoms in total. The van der Waals surface area contributed by atoms with Crippen LogP contribution in [0.1, 0.15) is 145 Å². The summed E-state index contributed by atoms with van der Waals surface area (Å²) in [6.45, 7) is 13.1. The van der Waals surface area contributed by atoms with E-state index < -0.39 is 0 Å². The van der Waals surface area contributed by atoms with Gasteiger partial charge in [0.1, 0.15) is 0 Å². The second-order valence-electron chi connectivity index (χ2n) is 13.3. The maximum Gasteiger partial charge on any atom is 0.0494 e. The van der Waals surface area contributed by atoms with Gasteiger partial charge in [0, 0.05) is 104 Å². The van der Waals surface area contributed by atoms with Crippen LogP contribution in [0, 0.1) is 0 Å². The second kappa shape index (κ2) is 13.2. The molecule has 1 aliphatic heterocycles. The summed E-state index contributed by atoms with van der Waals surface area (Å²) in [6.07, 6.45) is 0. The Bertz CT molecular complexity index is 1570. The lowest BCUT2D eigenvalue weighted by Crippen LogP contribution is -2.12. The molecule has 6 aromatic heterocycles. The average molecular weight is 631 g/mol. The van der Waals surface area contributed by atoms with Crippen molar-refractivity contribution in [3.8, 4) is 0 Å². The van der Waals surface area contributed by atoms with Gasteiger partial charge in [-0.3, -0.25) is 29.9 Å². The van der Waals surface area contributed by atoms with E-state index in [9.17, 15) is 0 Å². The fourth-order valence-corrected chi connectivity index (χ4v) is 6.62. The Hall–Kier alpha value is -5.10. The Morgan fingerprint density at radius 3 is 0.438 bits per heavy atom. The first-order chi connectivity index (χ1) is 23.3. The molecule has 12 bridgehead atoms. The minimum Gasteiger partial charge on any atom is -0.256 e. The first kappa shape index (κ1) is 31.5. The summed E-state index contributed by atoms with van der Waals surface area (Å²) in [6, 6.07) is 37.8. The number of rotatable bonds is 0. The predicted molar refractivity (Wildman–Crippen MR) is 191 cm³/mol. The van der Waals surface area contributed by atoms with E-state index in [0.29, 0.717) is 0 Å². The predicted octanol–water partition coefficient (Wildman–Crippen LogP) is 9.28. The largest absolute Gasteiger partial charge is 0.256 e. The summed E-state index contributed by atoms with van der Waals surface area (Å²) >= 11 is 0. The van der Waals surface area contributed by atoms with Gasteiger partial charge in [0.2, 0.25) is 0 Å². The Morgan fingerprint density at radius 1 is 0.229 bits per heavy atom. The van der Waals surface area contributed by atoms with E-state index in [1.165, 1.54) is 0 Å². The number of hydrogen-bond donors (Lipinski definition) is 0. The van der Waals surface area contributed by atoms with Gasteiger partial charge in [-0.05, 0) is 72.8 Å². The van der Waals surface area contributed by atoms with Crippen molar-refractivity contribution in [3.63, 3.8) is 0 Å². The van der Waals surface area contributed by atoms with E-state index in [-0.39, 0.29) is 35.5 Å². The molecule has 6 aromatic rings. The van der Waals surface area contributed by atoms with Crippen molar-refractivity contribution in [3.05, 3.63) is 178 Å². The molecule has 0 unspecified atom stereocenters. The molecule has 0 atom stereocenters. The molecule has 7 rings (SSSR count). The van der Waals surface area contributed by atoms with Crippen molar-refractivity contribution in [2.45, 2.75) is 77.0 Å². The minimum absolute atomic E-state index is 0.0209. The highest BCUT2D eigenvalue weighted by Crippen LogP contribution is 2.32. The summed E-state index contributed by atoms with van der Waals surface area (Å²) in [5.74, 6) is 0.125. The molecule has 48 heavy (non-hydrogen) atoms. The first-order valence-electron chi connectivity index (χ1n) is 17.1. The van der Waals surface area contributed by atoms with E-state index in [1.54, 1.807) is 0 Å². The molecule has 0 saturated heterocycles. The van der Waals surface area contributed by atoms with Crippen LogP contribution in [0.2, 0.25) is 0 Å². The third kappa shape index (κ3) is 6.15. The van der Waals surface area contributed by atoms with Gasteiger partial charge in [0.05, 0.1) is 0 Å². The smallest absolute Gasteiger partial charge is 0.0494 e. The van der Waals surface area contributed by atoms with Gasteiger partial charge < -0.3 is 0 Å². The zero-order valence-electron chi connectivity index (χ0n) is 28.5. The Balaban J connectivity index is 1.35. The molecule has 240 valence electrons. The molecule has 7 heterocycles. The average Bonchev–Trinajstić information content (AvgIpc) is 3.16. The van der Waals surface area contributed by atoms with Gasteiger partial charge in [0.25, 0.3) is 0 Å². The van der Waals surface area contributed by atoms with Crippen LogP contribution in [0.25, 0.3) is 0 Å². The summed E-state index contributed by atoms with van der Waals surface area (Å²) in [5.41, 5.74) is 11.9. The van der Waals surface area contributed by atoms with Crippen LogP contribution < -0.4 is 0 Å². The van der Waals surface area contributed by atoms with Crippen LogP contribution >= 0.6 is 0 Å². The van der Waals surface area contributed by atoms with Gasteiger partial charge in [-0.2, -0.15) is 0 Å². The van der Waals surface area contributed by atoms with Crippen LogP contribution in [0.4, 0.5) is 0 Å². The molecule has 0 N–H and O–H groups in total. The maximum atomic E-state index is 5.17. The fraction of sp³-hybridized carbons (Fsp3) is 0.286. The molecule has 0 aliphatic carbocycles. The maximum absolute atomic E-state index is 5.17. The normalized spacial score (nSPS) is 22.4. The highest BCUT2D eigenvalue weighted by Gasteiger charge is 2.22. The van der Waals surface area contributed by atoms with Gasteiger partial charge in [-0.15, -0.1) is 0 Å². The van der Waals surface area contributed by atoms with Crippen LogP contribution in [-0.2, 0) is 0 Å². The van der Waals surface area contributed by atoms with Crippen molar-refractivity contribution in [2.24, 2.45) is 0 Å². The van der Waals surface area contributed by atoms with E-state index in [2.05, 4.69) is 151 Å². The molecule has 0 radical (unpaired) electrons. The fourth-order valence-electron chi connectivity index (χ4n) is 6.62. The molecule has 0 aromatic carbocycles. The summed E-state index contributed by atoms with van der Waals surface area (Å²) in [7, 11) is 0. The van der Waals surface area contributed by atoms with Crippen molar-refractivity contribution < 1.29 is 0 Å². The van der Waals surface area contributed by atoms with Gasteiger partial charge in [-0.25, -0.2) is 0 Å². The molecule has 0 spiro atoms. The molecule has 1 aliphatic rings. The SMILES string of the molecule is CC1c2cccc(n2)C(C)c2cccc(n2)C(C)c2cccc(n2)C(C)c2cccc(n2)C(C)c2cccc(n2)C(C)c2cccc1n2. The van der Waals surface area contributed by atoms with Crippen LogP contribution in [0.15, 0.2) is 109 Å². The third-order valence-corrected chi connectivity index (χ3v) is 10.1. The number of pyridine rings is 6. The van der Waals surface area contributed by atoms with Crippen molar-refractivity contribution in [1.82, 2.24) is 29.9 Å². The van der Waals surface area contributed by atoms with Crippen molar-refractivity contribution in [2.75, 3.05) is 0 Å². The van der Waals surface area contributed by atoms with E-state index in [1.807, 2.05) is 0 Å². The number of fused-ring (bicyclic) bond motifs is 12.